The van der Waals surface area contributed by atoms with E-state index < -0.39 is 5.54 Å². The van der Waals surface area contributed by atoms with Gasteiger partial charge in [0, 0.05) is 6.54 Å². The van der Waals surface area contributed by atoms with E-state index in [1.54, 1.807) is 0 Å². The van der Waals surface area contributed by atoms with Crippen molar-refractivity contribution < 1.29 is 4.79 Å². The Morgan fingerprint density at radius 3 is 2.45 bits per heavy atom. The van der Waals surface area contributed by atoms with Crippen LogP contribution in [0.5, 0.6) is 0 Å². The molecular formula is C18H29ClN2O. The summed E-state index contributed by atoms with van der Waals surface area (Å²) < 4.78 is 0. The Morgan fingerprint density at radius 2 is 1.95 bits per heavy atom. The van der Waals surface area contributed by atoms with Crippen LogP contribution in [0.4, 0.5) is 0 Å². The number of nitrogens with two attached hydrogens (primary N) is 1. The molecule has 1 aromatic rings. The van der Waals surface area contributed by atoms with Crippen LogP contribution in [0.25, 0.3) is 0 Å². The smallest absolute Gasteiger partial charge is 0.239 e. The Morgan fingerprint density at radius 1 is 1.32 bits per heavy atom. The molecule has 0 heterocycles. The number of amides is 1. The van der Waals surface area contributed by atoms with Gasteiger partial charge in [0.2, 0.25) is 5.91 Å². The van der Waals surface area contributed by atoms with Crippen molar-refractivity contribution in [2.75, 3.05) is 6.54 Å². The van der Waals surface area contributed by atoms with Crippen LogP contribution >= 0.6 is 12.4 Å². The average Bonchev–Trinajstić information content (AvgIpc) is 2.42. The molecule has 1 amide bonds. The minimum atomic E-state index is -0.744. The molecule has 22 heavy (non-hydrogen) atoms. The minimum Gasteiger partial charge on any atom is -0.354 e. The second-order valence-electron chi connectivity index (χ2n) is 6.87. The van der Waals surface area contributed by atoms with E-state index in [9.17, 15) is 4.79 Å². The largest absolute Gasteiger partial charge is 0.354 e. The van der Waals surface area contributed by atoms with Gasteiger partial charge in [0.1, 0.15) is 0 Å². The maximum atomic E-state index is 12.3. The van der Waals surface area contributed by atoms with Crippen molar-refractivity contribution >= 4 is 18.3 Å². The fourth-order valence-corrected chi connectivity index (χ4v) is 3.22. The first kappa shape index (κ1) is 19.0. The molecule has 1 fully saturated rings. The van der Waals surface area contributed by atoms with Crippen LogP contribution in [-0.4, -0.2) is 18.0 Å². The maximum absolute atomic E-state index is 12.3. The topological polar surface area (TPSA) is 55.1 Å². The number of carbonyl (C=O) groups is 1. The van der Waals surface area contributed by atoms with Crippen molar-refractivity contribution in [2.45, 2.75) is 57.9 Å². The molecule has 1 saturated carbocycles. The molecule has 0 aromatic heterocycles. The van der Waals surface area contributed by atoms with Crippen molar-refractivity contribution in [2.24, 2.45) is 11.1 Å². The van der Waals surface area contributed by atoms with Crippen molar-refractivity contribution in [3.05, 3.63) is 35.9 Å². The van der Waals surface area contributed by atoms with E-state index in [0.717, 1.165) is 25.8 Å². The van der Waals surface area contributed by atoms with E-state index in [2.05, 4.69) is 36.5 Å². The van der Waals surface area contributed by atoms with Crippen LogP contribution in [0, 0.1) is 5.41 Å². The van der Waals surface area contributed by atoms with Gasteiger partial charge in [-0.2, -0.15) is 0 Å². The molecule has 0 bridgehead atoms. The summed E-state index contributed by atoms with van der Waals surface area (Å²) in [5.41, 5.74) is 6.95. The van der Waals surface area contributed by atoms with Crippen LogP contribution in [0.1, 0.15) is 51.5 Å². The van der Waals surface area contributed by atoms with Crippen LogP contribution in [0.15, 0.2) is 30.3 Å². The van der Waals surface area contributed by atoms with Gasteiger partial charge in [-0.15, -0.1) is 12.4 Å². The van der Waals surface area contributed by atoms with Crippen molar-refractivity contribution in [3.63, 3.8) is 0 Å². The Labute approximate surface area is 140 Å². The summed E-state index contributed by atoms with van der Waals surface area (Å²) in [7, 11) is 0. The predicted molar refractivity (Wildman–Crippen MR) is 94.2 cm³/mol. The van der Waals surface area contributed by atoms with E-state index in [0.29, 0.717) is 0 Å². The van der Waals surface area contributed by atoms with Crippen LogP contribution in [0.2, 0.25) is 0 Å². The van der Waals surface area contributed by atoms with E-state index >= 15 is 0 Å². The number of benzene rings is 1. The monoisotopic (exact) mass is 324 g/mol. The summed E-state index contributed by atoms with van der Waals surface area (Å²) in [5.74, 6) is -0.0105. The summed E-state index contributed by atoms with van der Waals surface area (Å²) in [4.78, 5) is 12.3. The molecule has 1 aliphatic carbocycles. The lowest BCUT2D eigenvalue weighted by Gasteiger charge is -2.43. The lowest BCUT2D eigenvalue weighted by Crippen LogP contribution is -2.54. The van der Waals surface area contributed by atoms with Gasteiger partial charge in [0.15, 0.2) is 0 Å². The van der Waals surface area contributed by atoms with E-state index in [-0.39, 0.29) is 23.7 Å². The molecule has 0 spiro atoms. The molecule has 0 saturated heterocycles. The van der Waals surface area contributed by atoms with Gasteiger partial charge in [-0.3, -0.25) is 4.79 Å². The van der Waals surface area contributed by atoms with Gasteiger partial charge < -0.3 is 11.1 Å². The molecule has 1 aromatic carbocycles. The summed E-state index contributed by atoms with van der Waals surface area (Å²) in [5, 5.41) is 3.11. The molecule has 124 valence electrons. The highest BCUT2D eigenvalue weighted by Crippen LogP contribution is 2.43. The molecular weight excluding hydrogens is 296 g/mol. The van der Waals surface area contributed by atoms with Crippen LogP contribution in [0.3, 0.4) is 0 Å². The van der Waals surface area contributed by atoms with Crippen LogP contribution in [-0.2, 0) is 11.2 Å². The third-order valence-electron chi connectivity index (χ3n) is 4.75. The molecule has 1 aliphatic rings. The first-order valence-corrected chi connectivity index (χ1v) is 8.09. The molecule has 0 aliphatic heterocycles. The van der Waals surface area contributed by atoms with Gasteiger partial charge in [-0.25, -0.2) is 0 Å². The maximum Gasteiger partial charge on any atom is 0.239 e. The van der Waals surface area contributed by atoms with Crippen molar-refractivity contribution in [1.29, 1.82) is 0 Å². The molecule has 4 heteroatoms. The van der Waals surface area contributed by atoms with E-state index in [4.69, 9.17) is 5.73 Å². The molecule has 1 atom stereocenters. The second kappa shape index (κ2) is 7.98. The Hall–Kier alpha value is -1.06. The van der Waals surface area contributed by atoms with E-state index in [1.807, 2.05) is 13.0 Å². The first-order chi connectivity index (χ1) is 9.97. The summed E-state index contributed by atoms with van der Waals surface area (Å²) >= 11 is 0. The normalized spacial score (nSPS) is 18.5. The van der Waals surface area contributed by atoms with Crippen LogP contribution < -0.4 is 11.1 Å². The summed E-state index contributed by atoms with van der Waals surface area (Å²) in [6.45, 7) is 4.63. The zero-order valence-corrected chi connectivity index (χ0v) is 14.5. The van der Waals surface area contributed by atoms with Crippen molar-refractivity contribution in [1.82, 2.24) is 5.32 Å². The zero-order chi connectivity index (χ0) is 15.3. The van der Waals surface area contributed by atoms with Crippen molar-refractivity contribution in [3.8, 4) is 0 Å². The van der Waals surface area contributed by atoms with E-state index in [1.165, 1.54) is 24.8 Å². The number of carbonyl (C=O) groups excluding carboxylic acids is 1. The second-order valence-corrected chi connectivity index (χ2v) is 6.87. The average molecular weight is 325 g/mol. The fourth-order valence-electron chi connectivity index (χ4n) is 3.22. The lowest BCUT2D eigenvalue weighted by molar-refractivity contribution is -0.127. The molecule has 2 rings (SSSR count). The number of hydrogen-bond acceptors (Lipinski definition) is 2. The van der Waals surface area contributed by atoms with Gasteiger partial charge >= 0.3 is 0 Å². The van der Waals surface area contributed by atoms with Gasteiger partial charge in [0.05, 0.1) is 5.54 Å². The standard InChI is InChI=1S/C18H28N2O.ClH/c1-3-10-17(2,19)16(21)20-14-18(11-7-12-18)13-15-8-5-4-6-9-15;/h4-6,8-9H,3,7,10-14,19H2,1-2H3,(H,20,21);1H. The quantitative estimate of drug-likeness (QED) is 0.807. The fraction of sp³-hybridized carbons (Fsp3) is 0.611. The molecule has 3 nitrogen and oxygen atoms in total. The highest BCUT2D eigenvalue weighted by atomic mass is 35.5. The first-order valence-electron chi connectivity index (χ1n) is 8.09. The molecule has 0 radical (unpaired) electrons. The number of nitrogens with one attached hydrogen (secondary N) is 1. The minimum absolute atomic E-state index is 0. The third-order valence-corrected chi connectivity index (χ3v) is 4.75. The predicted octanol–water partition coefficient (Wildman–Crippen LogP) is 3.45. The Balaban J connectivity index is 0.00000242. The Kier molecular flexibility index (Phi) is 6.89. The Bertz CT molecular complexity index is 469. The van der Waals surface area contributed by atoms with Gasteiger partial charge in [-0.05, 0) is 43.6 Å². The number of hydrogen-bond donors (Lipinski definition) is 2. The highest BCUT2D eigenvalue weighted by Gasteiger charge is 2.38. The van der Waals surface area contributed by atoms with Gasteiger partial charge in [-0.1, -0.05) is 50.1 Å². The summed E-state index contributed by atoms with van der Waals surface area (Å²) in [6, 6.07) is 10.6. The van der Waals surface area contributed by atoms with Gasteiger partial charge in [0.25, 0.3) is 0 Å². The lowest BCUT2D eigenvalue weighted by atomic mass is 9.65. The number of rotatable bonds is 7. The molecule has 1 unspecified atom stereocenters. The SMILES string of the molecule is CCCC(C)(N)C(=O)NCC1(Cc2ccccc2)CCC1.Cl. The third kappa shape index (κ3) is 4.72. The zero-order valence-electron chi connectivity index (χ0n) is 13.7. The highest BCUT2D eigenvalue weighted by molar-refractivity contribution is 5.85. The molecule has 3 N–H and O–H groups in total. The number of halogens is 1. The summed E-state index contributed by atoms with van der Waals surface area (Å²) in [6.07, 6.45) is 6.34.